The van der Waals surface area contributed by atoms with Crippen LogP contribution in [-0.4, -0.2) is 20.6 Å². The summed E-state index contributed by atoms with van der Waals surface area (Å²) in [4.78, 5) is 26.1. The van der Waals surface area contributed by atoms with Crippen LogP contribution >= 0.6 is 11.6 Å². The summed E-state index contributed by atoms with van der Waals surface area (Å²) in [6, 6.07) is 31.8. The van der Waals surface area contributed by atoms with Crippen LogP contribution in [0.2, 0.25) is 5.02 Å². The lowest BCUT2D eigenvalue weighted by atomic mass is 10.1. The van der Waals surface area contributed by atoms with E-state index in [2.05, 4.69) is 4.99 Å². The summed E-state index contributed by atoms with van der Waals surface area (Å²) in [5.74, 6) is 0. The normalized spacial score (nSPS) is 11.1. The molecule has 0 aliphatic heterocycles. The van der Waals surface area contributed by atoms with Crippen molar-refractivity contribution >= 4 is 34.9 Å². The van der Waals surface area contributed by atoms with Gasteiger partial charge in [0.2, 0.25) is 0 Å². The van der Waals surface area contributed by atoms with Gasteiger partial charge in [0.25, 0.3) is 11.4 Å². The second-order valence-corrected chi connectivity index (χ2v) is 8.73. The summed E-state index contributed by atoms with van der Waals surface area (Å²) >= 11 is 6.30. The first-order chi connectivity index (χ1) is 18.4. The quantitative estimate of drug-likeness (QED) is 0.122. The number of aromatic nitrogens is 1. The molecule has 1 heterocycles. The minimum absolute atomic E-state index is 0.00877. The standard InChI is InChI=1S/C29H19ClN4O4/c30-26-16-15-25(34(37)38)18-27(26)31-19-22-17-28(20-7-3-1-4-8-20)32(29(22)21-9-5-2-6-10-21)23-11-13-24(14-12-23)33(35)36/h1-19H. The summed E-state index contributed by atoms with van der Waals surface area (Å²) in [5.41, 5.74) is 5.05. The molecule has 5 rings (SSSR count). The monoisotopic (exact) mass is 522 g/mol. The Morgan fingerprint density at radius 2 is 1.29 bits per heavy atom. The van der Waals surface area contributed by atoms with Crippen LogP contribution in [0.3, 0.4) is 0 Å². The van der Waals surface area contributed by atoms with Crippen molar-refractivity contribution in [3.05, 3.63) is 140 Å². The lowest BCUT2D eigenvalue weighted by Crippen LogP contribution is -2.01. The molecule has 0 saturated carbocycles. The van der Waals surface area contributed by atoms with Crippen molar-refractivity contribution in [3.63, 3.8) is 0 Å². The van der Waals surface area contributed by atoms with E-state index < -0.39 is 9.85 Å². The molecule has 186 valence electrons. The first-order valence-electron chi connectivity index (χ1n) is 11.5. The zero-order chi connectivity index (χ0) is 26.6. The summed E-state index contributed by atoms with van der Waals surface area (Å²) in [5, 5.41) is 22.8. The Labute approximate surface area is 222 Å². The van der Waals surface area contributed by atoms with Crippen LogP contribution < -0.4 is 0 Å². The molecular formula is C29H19ClN4O4. The molecule has 1 aromatic heterocycles. The van der Waals surface area contributed by atoms with Crippen LogP contribution in [0.5, 0.6) is 0 Å². The minimum atomic E-state index is -0.497. The number of hydrogen-bond acceptors (Lipinski definition) is 5. The van der Waals surface area contributed by atoms with Gasteiger partial charge in [0.15, 0.2) is 0 Å². The van der Waals surface area contributed by atoms with Gasteiger partial charge in [0.1, 0.15) is 0 Å². The molecule has 8 nitrogen and oxygen atoms in total. The molecule has 0 spiro atoms. The van der Waals surface area contributed by atoms with Crippen molar-refractivity contribution in [3.8, 4) is 28.2 Å². The van der Waals surface area contributed by atoms with E-state index in [0.717, 1.165) is 33.8 Å². The molecule has 0 N–H and O–H groups in total. The van der Waals surface area contributed by atoms with Gasteiger partial charge in [0, 0.05) is 41.7 Å². The second kappa shape index (κ2) is 10.5. The van der Waals surface area contributed by atoms with Crippen LogP contribution in [0, 0.1) is 20.2 Å². The lowest BCUT2D eigenvalue weighted by Gasteiger charge is -2.15. The Hall–Kier alpha value is -5.08. The van der Waals surface area contributed by atoms with E-state index in [9.17, 15) is 20.2 Å². The van der Waals surface area contributed by atoms with Gasteiger partial charge < -0.3 is 4.57 Å². The summed E-state index contributed by atoms with van der Waals surface area (Å²) in [6.07, 6.45) is 1.63. The van der Waals surface area contributed by atoms with Crippen molar-refractivity contribution < 1.29 is 9.85 Å². The fourth-order valence-electron chi connectivity index (χ4n) is 4.19. The van der Waals surface area contributed by atoms with Crippen LogP contribution in [0.15, 0.2) is 114 Å². The smallest absolute Gasteiger partial charge is 0.271 e. The van der Waals surface area contributed by atoms with E-state index in [0.29, 0.717) is 0 Å². The third-order valence-corrected chi connectivity index (χ3v) is 6.27. The van der Waals surface area contributed by atoms with Crippen LogP contribution in [0.4, 0.5) is 17.1 Å². The van der Waals surface area contributed by atoms with E-state index in [4.69, 9.17) is 11.6 Å². The maximum absolute atomic E-state index is 11.3. The fraction of sp³-hybridized carbons (Fsp3) is 0. The van der Waals surface area contributed by atoms with Crippen LogP contribution in [0.25, 0.3) is 28.2 Å². The van der Waals surface area contributed by atoms with Crippen molar-refractivity contribution in [2.24, 2.45) is 4.99 Å². The summed E-state index contributed by atoms with van der Waals surface area (Å²) in [6.45, 7) is 0. The van der Waals surface area contributed by atoms with E-state index >= 15 is 0 Å². The number of hydrogen-bond donors (Lipinski definition) is 0. The number of benzene rings is 4. The van der Waals surface area contributed by atoms with Gasteiger partial charge in [-0.15, -0.1) is 0 Å². The van der Waals surface area contributed by atoms with Crippen LogP contribution in [-0.2, 0) is 0 Å². The molecule has 4 aromatic carbocycles. The molecule has 0 bridgehead atoms. The Morgan fingerprint density at radius 3 is 1.89 bits per heavy atom. The first-order valence-corrected chi connectivity index (χ1v) is 11.9. The third kappa shape index (κ3) is 4.93. The van der Waals surface area contributed by atoms with Gasteiger partial charge in [-0.25, -0.2) is 0 Å². The topological polar surface area (TPSA) is 104 Å². The van der Waals surface area contributed by atoms with E-state index in [1.54, 1.807) is 18.3 Å². The first kappa shape index (κ1) is 24.6. The van der Waals surface area contributed by atoms with E-state index in [1.165, 1.54) is 30.3 Å². The molecule has 0 aliphatic carbocycles. The van der Waals surface area contributed by atoms with E-state index in [-0.39, 0.29) is 22.1 Å². The predicted molar refractivity (Wildman–Crippen MR) is 149 cm³/mol. The molecule has 38 heavy (non-hydrogen) atoms. The SMILES string of the molecule is O=[N+]([O-])c1ccc(-n2c(-c3ccccc3)cc(C=Nc3cc([N+](=O)[O-])ccc3Cl)c2-c2ccccc2)cc1. The second-order valence-electron chi connectivity index (χ2n) is 8.33. The van der Waals surface area contributed by atoms with Gasteiger partial charge in [-0.05, 0) is 35.4 Å². The highest BCUT2D eigenvalue weighted by Gasteiger charge is 2.19. The molecule has 0 radical (unpaired) electrons. The Balaban J connectivity index is 1.76. The molecule has 0 unspecified atom stereocenters. The largest absolute Gasteiger partial charge is 0.309 e. The highest BCUT2D eigenvalue weighted by molar-refractivity contribution is 6.33. The van der Waals surface area contributed by atoms with Crippen molar-refractivity contribution in [1.29, 1.82) is 0 Å². The molecule has 9 heteroatoms. The Bertz CT molecular complexity index is 1660. The number of nitro benzene ring substituents is 2. The maximum atomic E-state index is 11.3. The maximum Gasteiger partial charge on any atom is 0.271 e. The highest BCUT2D eigenvalue weighted by atomic mass is 35.5. The highest BCUT2D eigenvalue weighted by Crippen LogP contribution is 2.37. The Morgan fingerprint density at radius 1 is 0.711 bits per heavy atom. The number of nitrogens with zero attached hydrogens (tertiary/aromatic N) is 4. The molecule has 0 aliphatic rings. The summed E-state index contributed by atoms with van der Waals surface area (Å²) < 4.78 is 2.02. The number of nitro groups is 2. The van der Waals surface area contributed by atoms with Gasteiger partial charge >= 0.3 is 0 Å². The van der Waals surface area contributed by atoms with Gasteiger partial charge in [0.05, 0.1) is 31.9 Å². The zero-order valence-electron chi connectivity index (χ0n) is 19.8. The van der Waals surface area contributed by atoms with Gasteiger partial charge in [-0.2, -0.15) is 0 Å². The fourth-order valence-corrected chi connectivity index (χ4v) is 4.35. The number of non-ortho nitro benzene ring substituents is 2. The molecule has 5 aromatic rings. The summed E-state index contributed by atoms with van der Waals surface area (Å²) in [7, 11) is 0. The average molecular weight is 523 g/mol. The molecule has 0 atom stereocenters. The lowest BCUT2D eigenvalue weighted by molar-refractivity contribution is -0.385. The van der Waals surface area contributed by atoms with Gasteiger partial charge in [-0.1, -0.05) is 72.3 Å². The van der Waals surface area contributed by atoms with E-state index in [1.807, 2.05) is 71.3 Å². The third-order valence-electron chi connectivity index (χ3n) is 5.95. The number of rotatable bonds is 7. The number of halogens is 1. The molecule has 0 fully saturated rings. The Kier molecular flexibility index (Phi) is 6.80. The molecular weight excluding hydrogens is 504 g/mol. The number of aliphatic imine (C=N–C) groups is 1. The van der Waals surface area contributed by atoms with Crippen molar-refractivity contribution in [1.82, 2.24) is 4.57 Å². The predicted octanol–water partition coefficient (Wildman–Crippen LogP) is 8.03. The zero-order valence-corrected chi connectivity index (χ0v) is 20.5. The van der Waals surface area contributed by atoms with Crippen LogP contribution in [0.1, 0.15) is 5.56 Å². The average Bonchev–Trinajstić information content (AvgIpc) is 3.33. The van der Waals surface area contributed by atoms with Gasteiger partial charge in [-0.3, -0.25) is 25.2 Å². The van der Waals surface area contributed by atoms with Crippen molar-refractivity contribution in [2.75, 3.05) is 0 Å². The molecule has 0 saturated heterocycles. The minimum Gasteiger partial charge on any atom is -0.309 e. The molecule has 0 amide bonds. The van der Waals surface area contributed by atoms with Crippen molar-refractivity contribution in [2.45, 2.75) is 0 Å².